The van der Waals surface area contributed by atoms with E-state index in [0.29, 0.717) is 18.1 Å². The highest BCUT2D eigenvalue weighted by molar-refractivity contribution is 8.00. The normalized spacial score (nSPS) is 13.9. The molecule has 3 aromatic rings. The van der Waals surface area contributed by atoms with Gasteiger partial charge >= 0.3 is 5.97 Å². The van der Waals surface area contributed by atoms with Crippen molar-refractivity contribution in [2.75, 3.05) is 27.2 Å². The second-order valence-corrected chi connectivity index (χ2v) is 11.3. The fourth-order valence-electron chi connectivity index (χ4n) is 3.83. The Kier molecular flexibility index (Phi) is 9.75. The summed E-state index contributed by atoms with van der Waals surface area (Å²) in [6.45, 7) is 4.49. The van der Waals surface area contributed by atoms with E-state index < -0.39 is 12.1 Å². The Morgan fingerprint density at radius 1 is 1.08 bits per heavy atom. The molecule has 1 fully saturated rings. The van der Waals surface area contributed by atoms with Crippen molar-refractivity contribution in [3.05, 3.63) is 95.1 Å². The van der Waals surface area contributed by atoms with E-state index in [-0.39, 0.29) is 0 Å². The number of thioether (sulfide) groups is 1. The van der Waals surface area contributed by atoms with Gasteiger partial charge in [-0.15, -0.1) is 11.8 Å². The van der Waals surface area contributed by atoms with E-state index in [1.165, 1.54) is 24.7 Å². The molecule has 0 spiro atoms. The largest absolute Gasteiger partial charge is 0.489 e. The van der Waals surface area contributed by atoms with Gasteiger partial charge in [0.2, 0.25) is 0 Å². The first-order chi connectivity index (χ1) is 18.8. The number of carbonyl (C=O) groups is 1. The predicted molar refractivity (Wildman–Crippen MR) is 159 cm³/mol. The number of hydrogen-bond acceptors (Lipinski definition) is 5. The fraction of sp³-hybridized carbons (Fsp3) is 0.303. The zero-order valence-electron chi connectivity index (χ0n) is 22.9. The highest BCUT2D eigenvalue weighted by atomic mass is 32.2. The first-order valence-corrected chi connectivity index (χ1v) is 14.0. The number of hydrogen-bond donors (Lipinski definition) is 1. The molecule has 0 heterocycles. The van der Waals surface area contributed by atoms with Gasteiger partial charge in [-0.2, -0.15) is 0 Å². The van der Waals surface area contributed by atoms with Crippen molar-refractivity contribution in [1.29, 1.82) is 0 Å². The van der Waals surface area contributed by atoms with Crippen LogP contribution in [-0.2, 0) is 4.79 Å². The highest BCUT2D eigenvalue weighted by Gasteiger charge is 2.22. The van der Waals surface area contributed by atoms with Crippen molar-refractivity contribution in [3.8, 4) is 23.3 Å². The molecule has 3 aromatic carbocycles. The minimum Gasteiger partial charge on any atom is -0.489 e. The second kappa shape index (κ2) is 13.4. The third-order valence-corrected chi connectivity index (χ3v) is 7.50. The number of aryl methyl sites for hydroxylation is 1. The van der Waals surface area contributed by atoms with Crippen LogP contribution in [0.25, 0.3) is 5.57 Å². The smallest absolute Gasteiger partial charge is 0.344 e. The van der Waals surface area contributed by atoms with Gasteiger partial charge in [-0.25, -0.2) is 4.79 Å². The number of rotatable bonds is 11. The van der Waals surface area contributed by atoms with Gasteiger partial charge in [0, 0.05) is 15.7 Å². The maximum Gasteiger partial charge on any atom is 0.344 e. The summed E-state index contributed by atoms with van der Waals surface area (Å²) in [4.78, 5) is 14.5. The number of carboxylic acid groups (broad SMARTS) is 1. The number of nitrogens with zero attached hydrogens (tertiary/aromatic N) is 1. The molecule has 39 heavy (non-hydrogen) atoms. The van der Waals surface area contributed by atoms with Gasteiger partial charge in [-0.1, -0.05) is 36.1 Å². The van der Waals surface area contributed by atoms with Crippen LogP contribution in [0.2, 0.25) is 0 Å². The van der Waals surface area contributed by atoms with Crippen LogP contribution in [-0.4, -0.2) is 54.6 Å². The number of aliphatic carboxylic acids is 1. The lowest BCUT2D eigenvalue weighted by atomic mass is 9.97. The van der Waals surface area contributed by atoms with Crippen molar-refractivity contribution in [2.45, 2.75) is 42.9 Å². The summed E-state index contributed by atoms with van der Waals surface area (Å²) >= 11 is 1.95. The van der Waals surface area contributed by atoms with E-state index in [1.54, 1.807) is 12.1 Å². The van der Waals surface area contributed by atoms with E-state index in [0.717, 1.165) is 39.6 Å². The molecule has 0 aliphatic heterocycles. The summed E-state index contributed by atoms with van der Waals surface area (Å²) < 4.78 is 11.6. The van der Waals surface area contributed by atoms with E-state index in [9.17, 15) is 4.79 Å². The van der Waals surface area contributed by atoms with Crippen molar-refractivity contribution in [1.82, 2.24) is 4.90 Å². The Balaban J connectivity index is 1.52. The van der Waals surface area contributed by atoms with Gasteiger partial charge in [-0.05, 0) is 112 Å². The van der Waals surface area contributed by atoms with Crippen LogP contribution < -0.4 is 9.47 Å². The first-order valence-electron chi connectivity index (χ1n) is 13.1. The summed E-state index contributed by atoms with van der Waals surface area (Å²) in [5.41, 5.74) is 5.13. The van der Waals surface area contributed by atoms with Crippen LogP contribution in [0.3, 0.4) is 0 Å². The number of benzene rings is 3. The van der Waals surface area contributed by atoms with E-state index in [2.05, 4.69) is 66.4 Å². The molecule has 0 amide bonds. The van der Waals surface area contributed by atoms with E-state index >= 15 is 0 Å². The summed E-state index contributed by atoms with van der Waals surface area (Å²) in [5, 5.41) is 9.88. The molecular formula is C33H35NO4S. The summed E-state index contributed by atoms with van der Waals surface area (Å²) in [7, 11) is 4.02. The monoisotopic (exact) mass is 541 g/mol. The maximum atomic E-state index is 11.1. The minimum absolute atomic E-state index is 0.378. The lowest BCUT2D eigenvalue weighted by Crippen LogP contribution is -2.23. The van der Waals surface area contributed by atoms with E-state index in [4.69, 9.17) is 14.6 Å². The van der Waals surface area contributed by atoms with Gasteiger partial charge in [0.1, 0.15) is 18.1 Å². The quantitative estimate of drug-likeness (QED) is 0.279. The van der Waals surface area contributed by atoms with Crippen molar-refractivity contribution >= 4 is 23.3 Å². The van der Waals surface area contributed by atoms with Crippen molar-refractivity contribution in [2.24, 2.45) is 0 Å². The molecule has 0 saturated heterocycles. The van der Waals surface area contributed by atoms with Gasteiger partial charge in [0.15, 0.2) is 6.10 Å². The fourth-order valence-corrected chi connectivity index (χ4v) is 4.88. The topological polar surface area (TPSA) is 59.0 Å². The summed E-state index contributed by atoms with van der Waals surface area (Å²) in [6, 6.07) is 22.5. The van der Waals surface area contributed by atoms with Gasteiger partial charge in [0.05, 0.1) is 6.54 Å². The molecule has 0 radical (unpaired) electrons. The zero-order chi connectivity index (χ0) is 27.8. The zero-order valence-corrected chi connectivity index (χ0v) is 23.8. The van der Waals surface area contributed by atoms with Crippen molar-refractivity contribution < 1.29 is 19.4 Å². The molecular weight excluding hydrogens is 506 g/mol. The molecule has 1 saturated carbocycles. The average molecular weight is 542 g/mol. The molecule has 1 atom stereocenters. The van der Waals surface area contributed by atoms with Crippen LogP contribution in [0.1, 0.15) is 42.0 Å². The number of ether oxygens (including phenoxy) is 2. The Morgan fingerprint density at radius 3 is 2.33 bits per heavy atom. The van der Waals surface area contributed by atoms with Crippen LogP contribution >= 0.6 is 11.8 Å². The molecule has 1 unspecified atom stereocenters. The molecule has 1 N–H and O–H groups in total. The first kappa shape index (κ1) is 28.4. The van der Waals surface area contributed by atoms with Gasteiger partial charge < -0.3 is 14.6 Å². The Morgan fingerprint density at radius 2 is 1.74 bits per heavy atom. The SMILES string of the molecule is Cc1cc(OC/C=C(\c2ccc(C#CCN(C)C)cc2)c2ccc(SC3CC3)cc2)ccc1OC(C)C(=O)O. The van der Waals surface area contributed by atoms with E-state index in [1.807, 2.05) is 43.7 Å². The number of carboxylic acids is 1. The standard InChI is InChI=1S/C33H35NO4S/c1-23-22-28(13-18-32(23)38-24(2)33(35)36)37-21-19-31(27-11-14-29(15-12-27)39-30-16-17-30)26-9-7-25(8-10-26)6-5-20-34(3)4/h7-15,18-19,22,24,30H,16-17,20-21H2,1-4H3,(H,35,36)/b31-19+. The molecule has 0 aromatic heterocycles. The molecule has 1 aliphatic rings. The molecule has 6 heteroatoms. The second-order valence-electron chi connectivity index (χ2n) is 9.91. The molecule has 4 rings (SSSR count). The van der Waals surface area contributed by atoms with Crippen LogP contribution in [0.4, 0.5) is 0 Å². The molecule has 5 nitrogen and oxygen atoms in total. The Labute approximate surface area is 235 Å². The highest BCUT2D eigenvalue weighted by Crippen LogP contribution is 2.39. The summed E-state index contributed by atoms with van der Waals surface area (Å²) in [6.07, 6.45) is 3.80. The molecule has 0 bridgehead atoms. The van der Waals surface area contributed by atoms with Crippen LogP contribution in [0.5, 0.6) is 11.5 Å². The Hall–Kier alpha value is -3.66. The predicted octanol–water partition coefficient (Wildman–Crippen LogP) is 6.53. The molecule has 202 valence electrons. The third kappa shape index (κ3) is 8.68. The Bertz CT molecular complexity index is 1360. The average Bonchev–Trinajstić information content (AvgIpc) is 3.73. The molecule has 1 aliphatic carbocycles. The lowest BCUT2D eigenvalue weighted by Gasteiger charge is -2.14. The third-order valence-electron chi connectivity index (χ3n) is 6.15. The van der Waals surface area contributed by atoms with Crippen LogP contribution in [0.15, 0.2) is 77.7 Å². The van der Waals surface area contributed by atoms with Crippen LogP contribution in [0, 0.1) is 18.8 Å². The summed E-state index contributed by atoms with van der Waals surface area (Å²) in [5.74, 6) is 6.64. The minimum atomic E-state index is -1.000. The van der Waals surface area contributed by atoms with Gasteiger partial charge in [0.25, 0.3) is 0 Å². The van der Waals surface area contributed by atoms with Gasteiger partial charge in [-0.3, -0.25) is 4.90 Å². The van der Waals surface area contributed by atoms with Crippen molar-refractivity contribution in [3.63, 3.8) is 0 Å². The maximum absolute atomic E-state index is 11.1. The lowest BCUT2D eigenvalue weighted by molar-refractivity contribution is -0.144.